The molecule has 0 amide bonds. The highest BCUT2D eigenvalue weighted by atomic mass is 15.2. The van der Waals surface area contributed by atoms with Gasteiger partial charge in [-0.25, -0.2) is 0 Å². The van der Waals surface area contributed by atoms with Gasteiger partial charge in [0.2, 0.25) is 0 Å². The Balaban J connectivity index is 0.804. The Kier molecular flexibility index (Phi) is 1.84. The summed E-state index contributed by atoms with van der Waals surface area (Å²) < 4.78 is 0. The van der Waals surface area contributed by atoms with Gasteiger partial charge in [-0.2, -0.15) is 0 Å². The highest BCUT2D eigenvalue weighted by Crippen LogP contribution is 3.17. The van der Waals surface area contributed by atoms with Crippen LogP contribution in [0.1, 0.15) is 25.7 Å². The lowest BCUT2D eigenvalue weighted by Gasteiger charge is -3.14. The average Bonchev–Trinajstić information content (AvgIpc) is 3.00. The molecule has 0 bridgehead atoms. The van der Waals surface area contributed by atoms with Crippen LogP contribution < -0.4 is 0 Å². The number of fused-ring (bicyclic) bond motifs is 18. The molecule has 24 fully saturated rings. The van der Waals surface area contributed by atoms with Crippen molar-refractivity contribution in [3.8, 4) is 0 Å². The first-order chi connectivity index (χ1) is 22.9. The van der Waals surface area contributed by atoms with Gasteiger partial charge in [-0.3, -0.25) is 0 Å². The van der Waals surface area contributed by atoms with Crippen molar-refractivity contribution in [2.24, 2.45) is 247 Å². The van der Waals surface area contributed by atoms with Gasteiger partial charge in [0, 0.05) is 0 Å². The van der Waals surface area contributed by atoms with Gasteiger partial charge in [0.05, 0.1) is 0 Å². The third-order valence-corrected chi connectivity index (χ3v) is 31.4. The Bertz CT molecular complexity index is 2030. The van der Waals surface area contributed by atoms with Gasteiger partial charge in [-0.15, -0.1) is 0 Å². The van der Waals surface area contributed by atoms with Crippen LogP contribution in [-0.4, -0.2) is 0 Å². The van der Waals surface area contributed by atoms with Crippen molar-refractivity contribution in [1.29, 1.82) is 0 Å². The van der Waals surface area contributed by atoms with E-state index in [0.29, 0.717) is 0 Å². The van der Waals surface area contributed by atoms with Crippen molar-refractivity contribution in [3.63, 3.8) is 0 Å². The molecule has 0 heteroatoms. The van der Waals surface area contributed by atoms with Crippen LogP contribution in [0.5, 0.6) is 0 Å². The maximum Gasteiger partial charge on any atom is -0.0130 e. The van der Waals surface area contributed by atoms with E-state index in [1.165, 1.54) is 225 Å². The quantitative estimate of drug-likeness (QED) is 0.310. The minimum Gasteiger partial charge on any atom is -0.0464 e. The topological polar surface area (TPSA) is 0 Å². The molecule has 42 unspecified atom stereocenters. The molecule has 0 saturated heterocycles. The van der Waals surface area contributed by atoms with Gasteiger partial charge >= 0.3 is 0 Å². The molecule has 0 radical (unpaired) electrons. The van der Waals surface area contributed by atoms with Crippen molar-refractivity contribution in [2.45, 2.75) is 25.7 Å². The van der Waals surface area contributed by atoms with Crippen LogP contribution in [0.25, 0.3) is 0 Å². The van der Waals surface area contributed by atoms with Gasteiger partial charge in [0.1, 0.15) is 0 Å². The molecule has 0 aliphatic heterocycles. The monoisotopic (exact) mass is 598 g/mol. The lowest BCUT2D eigenvalue weighted by Crippen LogP contribution is -3.12. The van der Waals surface area contributed by atoms with E-state index in [1.54, 1.807) is 25.7 Å². The number of rotatable bonds is 0. The third kappa shape index (κ3) is 0.948. The van der Waals surface area contributed by atoms with Crippen LogP contribution >= 0.6 is 0 Å². The van der Waals surface area contributed by atoms with Gasteiger partial charge < -0.3 is 0 Å². The Morgan fingerprint density at radius 3 is 1.54 bits per heavy atom. The molecule has 46 heavy (non-hydrogen) atoms. The van der Waals surface area contributed by atoms with E-state index in [2.05, 4.69) is 0 Å². The summed E-state index contributed by atoms with van der Waals surface area (Å²) in [5.74, 6) is 50.4. The van der Waals surface area contributed by atoms with E-state index >= 15 is 0 Å². The van der Waals surface area contributed by atoms with Crippen molar-refractivity contribution in [2.75, 3.05) is 0 Å². The Morgan fingerprint density at radius 2 is 0.783 bits per heavy atom. The molecule has 0 aromatic carbocycles. The van der Waals surface area contributed by atoms with Crippen molar-refractivity contribution >= 4 is 0 Å². The molecule has 0 aromatic rings. The maximum absolute atomic E-state index is 1.81. The van der Waals surface area contributed by atoms with Crippen LogP contribution in [0.3, 0.4) is 0 Å². The van der Waals surface area contributed by atoms with E-state index in [4.69, 9.17) is 0 Å². The highest BCUT2D eigenvalue weighted by Gasteiger charge is 3.14. The summed E-state index contributed by atoms with van der Waals surface area (Å²) in [5, 5.41) is 0. The standard InChI is InChI=1S/C46H46/c1-5-2-9-15-10-4-11-34-32-33-36-31-29-27-25-23-21-19-17-14-7-3-6-12(7)16(14)18(17)20(19)22(21)24(23)26(25)28(27)30(29)35(31)44(36)38(33)40(32)46(34)42(39(15)45(10,11)46)41(44)37-13(6)8(1)43(5,9)37/h5-42H,1-4H2. The second kappa shape index (κ2) is 4.32. The van der Waals surface area contributed by atoms with E-state index in [-0.39, 0.29) is 0 Å². The molecular formula is C46H46. The zero-order chi connectivity index (χ0) is 26.8. The van der Waals surface area contributed by atoms with E-state index in [9.17, 15) is 0 Å². The van der Waals surface area contributed by atoms with Crippen LogP contribution in [0.2, 0.25) is 0 Å². The Hall–Kier alpha value is 0. The van der Waals surface area contributed by atoms with E-state index in [1.807, 2.05) is 0 Å². The summed E-state index contributed by atoms with van der Waals surface area (Å²) in [6.45, 7) is 0. The van der Waals surface area contributed by atoms with E-state index in [0.717, 1.165) is 21.7 Å². The largest absolute Gasteiger partial charge is 0.0464 e. The summed E-state index contributed by atoms with van der Waals surface area (Å²) in [7, 11) is 0. The molecule has 24 aliphatic carbocycles. The fourth-order valence-electron chi connectivity index (χ4n) is 33.7. The second-order valence-electron chi connectivity index (χ2n) is 26.7. The zero-order valence-corrected chi connectivity index (χ0v) is 26.8. The predicted octanol–water partition coefficient (Wildman–Crippen LogP) is 6.23. The first kappa shape index (κ1) is 19.6. The minimum absolute atomic E-state index is 0.991. The number of hydrogen-bond acceptors (Lipinski definition) is 0. The molecular weight excluding hydrogens is 553 g/mol. The van der Waals surface area contributed by atoms with Crippen molar-refractivity contribution in [3.05, 3.63) is 0 Å². The van der Waals surface area contributed by atoms with Gasteiger partial charge in [0.25, 0.3) is 0 Å². The number of hydrogen-bond donors (Lipinski definition) is 0. The molecule has 0 heterocycles. The van der Waals surface area contributed by atoms with Gasteiger partial charge in [0.15, 0.2) is 0 Å². The summed E-state index contributed by atoms with van der Waals surface area (Å²) in [6, 6.07) is 0. The smallest absolute Gasteiger partial charge is 0.0130 e. The maximum atomic E-state index is 1.81. The molecule has 230 valence electrons. The zero-order valence-electron chi connectivity index (χ0n) is 26.8. The molecule has 42 atom stereocenters. The average molecular weight is 599 g/mol. The van der Waals surface area contributed by atoms with Crippen LogP contribution in [0, 0.1) is 247 Å². The predicted molar refractivity (Wildman–Crippen MR) is 161 cm³/mol. The lowest BCUT2D eigenvalue weighted by molar-refractivity contribution is -0.683. The van der Waals surface area contributed by atoms with Crippen molar-refractivity contribution < 1.29 is 0 Å². The molecule has 24 aliphatic rings. The summed E-state index contributed by atoms with van der Waals surface area (Å²) in [4.78, 5) is 0. The SMILES string of the molecule is C1C2C3C1C1C4CC5CC6C7C8CC9C%10C%11C%12C%13C%14C%15C%16C%17C%18C%19C%20C%21C2C3C%21C%20C%19C%18C%17C%16C%15C%14C%132C%12C%11C%103C(C2C1C546)C7C893. The minimum atomic E-state index is 0.991. The van der Waals surface area contributed by atoms with Gasteiger partial charge in [-0.1, -0.05) is 0 Å². The van der Waals surface area contributed by atoms with Crippen LogP contribution in [-0.2, 0) is 0 Å². The third-order valence-electron chi connectivity index (χ3n) is 31.4. The fourth-order valence-corrected chi connectivity index (χ4v) is 33.7. The molecule has 0 nitrogen and oxygen atoms in total. The fraction of sp³-hybridized carbons (Fsp3) is 1.00. The van der Waals surface area contributed by atoms with E-state index < -0.39 is 0 Å². The lowest BCUT2D eigenvalue weighted by atomic mass is 8.89. The summed E-state index contributed by atoms with van der Waals surface area (Å²) in [6.07, 6.45) is 7.17. The molecule has 24 saturated carbocycles. The van der Waals surface area contributed by atoms with Crippen LogP contribution in [0.15, 0.2) is 0 Å². The first-order valence-corrected chi connectivity index (χ1v) is 22.9. The summed E-state index contributed by atoms with van der Waals surface area (Å²) >= 11 is 0. The first-order valence-electron chi connectivity index (χ1n) is 22.9. The van der Waals surface area contributed by atoms with Crippen LogP contribution in [0.4, 0.5) is 0 Å². The Labute approximate surface area is 271 Å². The molecule has 0 aromatic heterocycles. The van der Waals surface area contributed by atoms with Crippen molar-refractivity contribution in [1.82, 2.24) is 0 Å². The normalized spacial score (nSPS) is 108. The highest BCUT2D eigenvalue weighted by molar-refractivity contribution is 5.60. The molecule has 24 rings (SSSR count). The summed E-state index contributed by atoms with van der Waals surface area (Å²) in [5.41, 5.74) is 4.08. The van der Waals surface area contributed by atoms with Gasteiger partial charge in [-0.05, 0) is 272 Å². The second-order valence-corrected chi connectivity index (χ2v) is 26.7. The Morgan fingerprint density at radius 1 is 0.239 bits per heavy atom. The molecule has 4 spiro atoms. The molecule has 0 N–H and O–H groups in total.